The Kier molecular flexibility index (Phi) is 8.46. The molecule has 1 aliphatic rings. The van der Waals surface area contributed by atoms with Gasteiger partial charge in [-0.15, -0.1) is 0 Å². The lowest BCUT2D eigenvalue weighted by Crippen LogP contribution is -2.38. The zero-order valence-corrected chi connectivity index (χ0v) is 19.2. The highest BCUT2D eigenvalue weighted by atomic mass is 16.5. The van der Waals surface area contributed by atoms with Crippen LogP contribution in [0.25, 0.3) is 11.1 Å². The van der Waals surface area contributed by atoms with E-state index in [9.17, 15) is 14.4 Å². The Morgan fingerprint density at radius 2 is 1.55 bits per heavy atom. The molecule has 3 N–H and O–H groups in total. The van der Waals surface area contributed by atoms with Gasteiger partial charge in [-0.1, -0.05) is 62.4 Å². The first kappa shape index (κ1) is 24.3. The number of hydrogen-bond donors (Lipinski definition) is 3. The number of aliphatic carboxylic acids is 1. The number of carbonyl (C=O) groups excluding carboxylic acids is 2. The van der Waals surface area contributed by atoms with Gasteiger partial charge in [-0.05, 0) is 41.0 Å². The molecule has 0 saturated carbocycles. The van der Waals surface area contributed by atoms with E-state index in [-0.39, 0.29) is 37.3 Å². The van der Waals surface area contributed by atoms with E-state index in [4.69, 9.17) is 9.84 Å². The summed E-state index contributed by atoms with van der Waals surface area (Å²) in [5, 5.41) is 14.2. The number of carboxylic acids is 1. The number of ether oxygens (including phenoxy) is 1. The maximum Gasteiger partial charge on any atom is 0.407 e. The van der Waals surface area contributed by atoms with E-state index in [0.717, 1.165) is 11.1 Å². The van der Waals surface area contributed by atoms with Gasteiger partial charge in [0.25, 0.3) is 0 Å². The summed E-state index contributed by atoms with van der Waals surface area (Å²) in [6, 6.07) is 16.3. The predicted octanol–water partition coefficient (Wildman–Crippen LogP) is 4.17. The molecular weight excluding hydrogens is 420 g/mol. The van der Waals surface area contributed by atoms with E-state index >= 15 is 0 Å². The van der Waals surface area contributed by atoms with Crippen molar-refractivity contribution in [1.82, 2.24) is 10.6 Å². The number of carboxylic acid groups (broad SMARTS) is 1. The molecule has 7 heteroatoms. The number of benzene rings is 2. The van der Waals surface area contributed by atoms with Crippen LogP contribution in [0.5, 0.6) is 0 Å². The first-order valence-electron chi connectivity index (χ1n) is 11.4. The molecule has 2 aromatic rings. The molecule has 176 valence electrons. The van der Waals surface area contributed by atoms with Gasteiger partial charge in [-0.2, -0.15) is 0 Å². The van der Waals surface area contributed by atoms with Crippen LogP contribution in [-0.2, 0) is 14.3 Å². The molecule has 2 aromatic carbocycles. The number of amides is 2. The van der Waals surface area contributed by atoms with E-state index < -0.39 is 18.0 Å². The average Bonchev–Trinajstić information content (AvgIpc) is 3.13. The average molecular weight is 453 g/mol. The van der Waals surface area contributed by atoms with Crippen molar-refractivity contribution in [2.45, 2.75) is 39.0 Å². The van der Waals surface area contributed by atoms with E-state index in [1.54, 1.807) is 6.92 Å². The maximum absolute atomic E-state index is 12.3. The third kappa shape index (κ3) is 6.57. The molecule has 0 saturated heterocycles. The van der Waals surface area contributed by atoms with Gasteiger partial charge >= 0.3 is 12.1 Å². The number of rotatable bonds is 11. The van der Waals surface area contributed by atoms with Gasteiger partial charge in [0.2, 0.25) is 5.91 Å². The van der Waals surface area contributed by atoms with E-state index in [2.05, 4.69) is 34.9 Å². The maximum atomic E-state index is 12.3. The van der Waals surface area contributed by atoms with Crippen molar-refractivity contribution < 1.29 is 24.2 Å². The highest BCUT2D eigenvalue weighted by molar-refractivity contribution is 5.80. The van der Waals surface area contributed by atoms with Crippen LogP contribution in [0.15, 0.2) is 48.5 Å². The van der Waals surface area contributed by atoms with Gasteiger partial charge in [-0.25, -0.2) is 4.79 Å². The summed E-state index contributed by atoms with van der Waals surface area (Å²) in [6.45, 7) is 4.60. The standard InChI is InChI=1S/C26H32N2O5/c1-17(11-12-24(29)30)13-14-27-25(31)18(2)15-28-26(32)33-16-23-21-9-5-3-7-19(21)20-8-4-6-10-22(20)23/h3-10,17-18,23H,11-16H2,1-2H3,(H,27,31)(H,28,32)(H,29,30). The fourth-order valence-electron chi connectivity index (χ4n) is 4.11. The Morgan fingerprint density at radius 3 is 2.15 bits per heavy atom. The molecule has 0 heterocycles. The van der Waals surface area contributed by atoms with Crippen LogP contribution in [0.4, 0.5) is 4.79 Å². The molecule has 1 aliphatic carbocycles. The summed E-state index contributed by atoms with van der Waals surface area (Å²) < 4.78 is 5.50. The number of nitrogens with one attached hydrogen (secondary N) is 2. The minimum atomic E-state index is -0.807. The highest BCUT2D eigenvalue weighted by Crippen LogP contribution is 2.44. The fraction of sp³-hybridized carbons (Fsp3) is 0.423. The van der Waals surface area contributed by atoms with Crippen LogP contribution in [0.2, 0.25) is 0 Å². The second-order valence-electron chi connectivity index (χ2n) is 8.72. The summed E-state index contributed by atoms with van der Waals surface area (Å²) in [6.07, 6.45) is 0.893. The lowest BCUT2D eigenvalue weighted by molar-refractivity contribution is -0.137. The van der Waals surface area contributed by atoms with Gasteiger partial charge in [0.1, 0.15) is 6.61 Å². The first-order valence-corrected chi connectivity index (χ1v) is 11.4. The highest BCUT2D eigenvalue weighted by Gasteiger charge is 2.29. The van der Waals surface area contributed by atoms with Crippen LogP contribution in [0.1, 0.15) is 50.2 Å². The molecule has 3 rings (SSSR count). The van der Waals surface area contributed by atoms with Crippen molar-refractivity contribution in [2.24, 2.45) is 11.8 Å². The molecular formula is C26H32N2O5. The molecule has 0 radical (unpaired) electrons. The smallest absolute Gasteiger partial charge is 0.407 e. The second-order valence-corrected chi connectivity index (χ2v) is 8.72. The number of fused-ring (bicyclic) bond motifs is 3. The van der Waals surface area contributed by atoms with Crippen molar-refractivity contribution in [2.75, 3.05) is 19.7 Å². The van der Waals surface area contributed by atoms with E-state index in [1.807, 2.05) is 31.2 Å². The zero-order valence-electron chi connectivity index (χ0n) is 19.2. The van der Waals surface area contributed by atoms with Crippen molar-refractivity contribution in [1.29, 1.82) is 0 Å². The zero-order chi connectivity index (χ0) is 23.8. The van der Waals surface area contributed by atoms with Gasteiger partial charge in [0.05, 0.1) is 5.92 Å². The van der Waals surface area contributed by atoms with Gasteiger partial charge < -0.3 is 20.5 Å². The van der Waals surface area contributed by atoms with Gasteiger partial charge in [0.15, 0.2) is 0 Å². The Morgan fingerprint density at radius 1 is 0.939 bits per heavy atom. The SMILES string of the molecule is CC(CCNC(=O)C(C)CNC(=O)OCC1c2ccccc2-c2ccccc21)CCC(=O)O. The van der Waals surface area contributed by atoms with Gasteiger partial charge in [-0.3, -0.25) is 9.59 Å². The summed E-state index contributed by atoms with van der Waals surface area (Å²) in [5.41, 5.74) is 4.64. The van der Waals surface area contributed by atoms with Crippen LogP contribution >= 0.6 is 0 Å². The minimum absolute atomic E-state index is 0.00742. The second kappa shape index (κ2) is 11.5. The summed E-state index contributed by atoms with van der Waals surface area (Å²) in [4.78, 5) is 35.1. The van der Waals surface area contributed by atoms with Crippen molar-refractivity contribution >= 4 is 18.0 Å². The topological polar surface area (TPSA) is 105 Å². The number of carbonyl (C=O) groups is 3. The molecule has 0 spiro atoms. The Bertz CT molecular complexity index is 945. The molecule has 0 fully saturated rings. The third-order valence-electron chi connectivity index (χ3n) is 6.13. The van der Waals surface area contributed by atoms with Crippen LogP contribution < -0.4 is 10.6 Å². The Labute approximate surface area is 194 Å². The molecule has 0 bridgehead atoms. The van der Waals surface area contributed by atoms with E-state index in [1.165, 1.54) is 11.1 Å². The fourth-order valence-corrected chi connectivity index (χ4v) is 4.11. The molecule has 2 amide bonds. The lowest BCUT2D eigenvalue weighted by Gasteiger charge is -2.17. The van der Waals surface area contributed by atoms with Crippen LogP contribution in [0.3, 0.4) is 0 Å². The van der Waals surface area contributed by atoms with Crippen LogP contribution in [-0.4, -0.2) is 42.8 Å². The third-order valence-corrected chi connectivity index (χ3v) is 6.13. The summed E-state index contributed by atoms with van der Waals surface area (Å²) in [5.74, 6) is -1.15. The quantitative estimate of drug-likeness (QED) is 0.475. The lowest BCUT2D eigenvalue weighted by atomic mass is 9.98. The van der Waals surface area contributed by atoms with Crippen molar-refractivity contribution in [3.05, 3.63) is 59.7 Å². The summed E-state index contributed by atoms with van der Waals surface area (Å²) in [7, 11) is 0. The minimum Gasteiger partial charge on any atom is -0.481 e. The molecule has 0 aliphatic heterocycles. The molecule has 2 unspecified atom stereocenters. The monoisotopic (exact) mass is 452 g/mol. The summed E-state index contributed by atoms with van der Waals surface area (Å²) >= 11 is 0. The number of hydrogen-bond acceptors (Lipinski definition) is 4. The number of alkyl carbamates (subject to hydrolysis) is 1. The van der Waals surface area contributed by atoms with E-state index in [0.29, 0.717) is 19.4 Å². The Balaban J connectivity index is 1.40. The van der Waals surface area contributed by atoms with Crippen molar-refractivity contribution in [3.63, 3.8) is 0 Å². The Hall–Kier alpha value is -3.35. The normalized spacial score (nSPS) is 14.0. The largest absolute Gasteiger partial charge is 0.481 e. The van der Waals surface area contributed by atoms with Gasteiger partial charge in [0, 0.05) is 25.4 Å². The molecule has 33 heavy (non-hydrogen) atoms. The van der Waals surface area contributed by atoms with Crippen molar-refractivity contribution in [3.8, 4) is 11.1 Å². The molecule has 7 nitrogen and oxygen atoms in total. The first-order chi connectivity index (χ1) is 15.9. The predicted molar refractivity (Wildman–Crippen MR) is 126 cm³/mol. The molecule has 0 aromatic heterocycles. The molecule has 2 atom stereocenters. The van der Waals surface area contributed by atoms with Crippen LogP contribution in [0, 0.1) is 11.8 Å².